The van der Waals surface area contributed by atoms with Gasteiger partial charge >= 0.3 is 0 Å². The molecule has 0 spiro atoms. The number of allylic oxidation sites excluding steroid dienone is 4. The van der Waals surface area contributed by atoms with Gasteiger partial charge in [0.15, 0.2) is 11.5 Å². The molecule has 198 valence electrons. The SMILES string of the molecule is C=c1c(OC)c2c3c4c5c(c(N)cc(OC)c5c5c(OC)cc(N)c1c35)C(=O)C(OC)=C4C(C(C)=O)=C(C)C2. The number of carbonyl (C=O) groups excluding carboxylic acids is 2. The van der Waals surface area contributed by atoms with Gasteiger partial charge in [0.25, 0.3) is 0 Å². The fourth-order valence-corrected chi connectivity index (χ4v) is 6.69. The molecule has 2 aliphatic carbocycles. The van der Waals surface area contributed by atoms with Gasteiger partial charge in [-0.25, -0.2) is 0 Å². The maximum Gasteiger partial charge on any atom is 0.230 e. The van der Waals surface area contributed by atoms with Gasteiger partial charge in [-0.1, -0.05) is 12.2 Å². The highest BCUT2D eigenvalue weighted by Gasteiger charge is 2.40. The fraction of sp³-hybridized carbons (Fsp3) is 0.226. The van der Waals surface area contributed by atoms with Crippen LogP contribution in [0.25, 0.3) is 44.5 Å². The minimum Gasteiger partial charge on any atom is -0.496 e. The van der Waals surface area contributed by atoms with Crippen LogP contribution in [0.15, 0.2) is 29.0 Å². The Morgan fingerprint density at radius 3 is 2.00 bits per heavy atom. The van der Waals surface area contributed by atoms with Gasteiger partial charge in [-0.05, 0) is 25.7 Å². The van der Waals surface area contributed by atoms with Crippen LogP contribution in [0.4, 0.5) is 11.4 Å². The number of fused-ring (bicyclic) bond motifs is 1. The molecule has 39 heavy (non-hydrogen) atoms. The zero-order chi connectivity index (χ0) is 28.1. The van der Waals surface area contributed by atoms with Crippen LogP contribution < -0.4 is 30.9 Å². The summed E-state index contributed by atoms with van der Waals surface area (Å²) in [6.45, 7) is 7.75. The molecule has 4 aromatic rings. The van der Waals surface area contributed by atoms with Crippen molar-refractivity contribution in [2.45, 2.75) is 20.3 Å². The van der Waals surface area contributed by atoms with Crippen LogP contribution in [-0.4, -0.2) is 40.0 Å². The average Bonchev–Trinajstić information content (AvgIpc) is 3.02. The van der Waals surface area contributed by atoms with Gasteiger partial charge < -0.3 is 30.4 Å². The number of anilines is 2. The number of rotatable bonds is 5. The van der Waals surface area contributed by atoms with Gasteiger partial charge in [-0.15, -0.1) is 0 Å². The van der Waals surface area contributed by atoms with Crippen LogP contribution >= 0.6 is 0 Å². The van der Waals surface area contributed by atoms with E-state index in [1.807, 2.05) is 6.92 Å². The van der Waals surface area contributed by atoms with Crippen molar-refractivity contribution in [3.8, 4) is 17.2 Å². The molecule has 0 unspecified atom stereocenters. The lowest BCUT2D eigenvalue weighted by molar-refractivity contribution is -0.113. The normalized spacial score (nSPS) is 14.6. The standard InChI is InChI=1S/C31H28N2O6/c1-11-8-14-21-25-20(12(2)30(14)38-6)15(32)9-17(36-4)23(25)24-18(37-5)10-16(33)22-27(24)26(21)28(19(11)13(3)34)31(39-7)29(22)35/h9-10H,2,8,32-33H2,1,3-7H3. The Balaban J connectivity index is 2.14. The zero-order valence-electron chi connectivity index (χ0n) is 22.7. The first-order chi connectivity index (χ1) is 18.6. The number of Topliss-reactive ketones (excluding diaryl/α,β-unsaturated/α-hetero) is 2. The third-order valence-corrected chi connectivity index (χ3v) is 8.02. The zero-order valence-corrected chi connectivity index (χ0v) is 22.7. The van der Waals surface area contributed by atoms with E-state index in [1.165, 1.54) is 14.0 Å². The fourth-order valence-electron chi connectivity index (χ4n) is 6.69. The van der Waals surface area contributed by atoms with Gasteiger partial charge in [0.2, 0.25) is 5.78 Å². The highest BCUT2D eigenvalue weighted by atomic mass is 16.5. The topological polar surface area (TPSA) is 123 Å². The Labute approximate surface area is 224 Å². The smallest absolute Gasteiger partial charge is 0.230 e. The van der Waals surface area contributed by atoms with Crippen molar-refractivity contribution >= 4 is 67.4 Å². The number of hydrogen-bond donors (Lipinski definition) is 2. The number of carbonyl (C=O) groups is 2. The number of nitrogens with two attached hydrogens (primary N) is 2. The molecule has 0 saturated heterocycles. The monoisotopic (exact) mass is 524 g/mol. The molecule has 0 amide bonds. The summed E-state index contributed by atoms with van der Waals surface area (Å²) >= 11 is 0. The molecule has 0 saturated carbocycles. The molecule has 0 atom stereocenters. The largest absolute Gasteiger partial charge is 0.496 e. The van der Waals surface area contributed by atoms with Crippen molar-refractivity contribution in [2.24, 2.45) is 0 Å². The Morgan fingerprint density at radius 1 is 0.821 bits per heavy atom. The van der Waals surface area contributed by atoms with E-state index in [9.17, 15) is 9.59 Å². The second-order valence-corrected chi connectivity index (χ2v) is 9.95. The molecule has 2 aliphatic rings. The van der Waals surface area contributed by atoms with Gasteiger partial charge in [0, 0.05) is 77.9 Å². The molecule has 0 radical (unpaired) electrons. The number of ketones is 2. The number of nitrogen functional groups attached to an aromatic ring is 2. The molecule has 4 aromatic carbocycles. The van der Waals surface area contributed by atoms with Crippen molar-refractivity contribution in [3.63, 3.8) is 0 Å². The van der Waals surface area contributed by atoms with Gasteiger partial charge in [0.1, 0.15) is 17.2 Å². The van der Waals surface area contributed by atoms with E-state index >= 15 is 0 Å². The van der Waals surface area contributed by atoms with Crippen LogP contribution in [0, 0.1) is 0 Å². The second-order valence-electron chi connectivity index (χ2n) is 9.95. The van der Waals surface area contributed by atoms with Crippen molar-refractivity contribution in [3.05, 3.63) is 50.9 Å². The van der Waals surface area contributed by atoms with E-state index < -0.39 is 5.78 Å². The Bertz CT molecular complexity index is 1970. The summed E-state index contributed by atoms with van der Waals surface area (Å²) < 4.78 is 23.4. The minimum absolute atomic E-state index is 0.0582. The highest BCUT2D eigenvalue weighted by Crippen LogP contribution is 2.56. The molecular formula is C31H28N2O6. The number of ether oxygens (including phenoxy) is 4. The third kappa shape index (κ3) is 2.83. The van der Waals surface area contributed by atoms with Crippen LogP contribution in [0.1, 0.15) is 35.3 Å². The van der Waals surface area contributed by atoms with E-state index in [4.69, 9.17) is 30.4 Å². The lowest BCUT2D eigenvalue weighted by Gasteiger charge is -2.29. The van der Waals surface area contributed by atoms with Gasteiger partial charge in [0.05, 0.1) is 34.0 Å². The van der Waals surface area contributed by atoms with E-state index in [1.54, 1.807) is 33.5 Å². The summed E-state index contributed by atoms with van der Waals surface area (Å²) in [4.78, 5) is 27.4. The predicted molar refractivity (Wildman–Crippen MR) is 154 cm³/mol. The summed E-state index contributed by atoms with van der Waals surface area (Å²) in [5, 5.41) is 4.78. The van der Waals surface area contributed by atoms with Crippen LogP contribution in [0.5, 0.6) is 17.2 Å². The predicted octanol–water partition coefficient (Wildman–Crippen LogP) is 4.48. The third-order valence-electron chi connectivity index (χ3n) is 8.02. The van der Waals surface area contributed by atoms with Gasteiger partial charge in [-0.3, -0.25) is 9.59 Å². The summed E-state index contributed by atoms with van der Waals surface area (Å²) in [6, 6.07) is 3.38. The van der Waals surface area contributed by atoms with Crippen molar-refractivity contribution in [2.75, 3.05) is 39.9 Å². The van der Waals surface area contributed by atoms with Crippen LogP contribution in [0.2, 0.25) is 0 Å². The quantitative estimate of drug-likeness (QED) is 0.223. The number of methoxy groups -OCH3 is 4. The van der Waals surface area contributed by atoms with Crippen LogP contribution in [0.3, 0.4) is 0 Å². The molecular weight excluding hydrogens is 496 g/mol. The molecule has 0 heterocycles. The molecule has 8 heteroatoms. The molecule has 4 N–H and O–H groups in total. The van der Waals surface area contributed by atoms with Crippen molar-refractivity contribution in [1.82, 2.24) is 0 Å². The van der Waals surface area contributed by atoms with E-state index in [2.05, 4.69) is 6.58 Å². The minimum atomic E-state index is -0.405. The maximum absolute atomic E-state index is 14.1. The van der Waals surface area contributed by atoms with Crippen molar-refractivity contribution < 1.29 is 28.5 Å². The maximum atomic E-state index is 14.1. The Kier molecular flexibility index (Phi) is 5.13. The average molecular weight is 525 g/mol. The van der Waals surface area contributed by atoms with Crippen molar-refractivity contribution in [1.29, 1.82) is 0 Å². The first kappa shape index (κ1) is 24.6. The molecule has 6 rings (SSSR count). The first-order valence-electron chi connectivity index (χ1n) is 12.4. The molecule has 0 aliphatic heterocycles. The molecule has 8 nitrogen and oxygen atoms in total. The summed E-state index contributed by atoms with van der Waals surface area (Å²) in [7, 11) is 6.13. The van der Waals surface area contributed by atoms with E-state index in [0.29, 0.717) is 72.8 Å². The number of benzene rings is 4. The molecule has 0 bridgehead atoms. The summed E-state index contributed by atoms with van der Waals surface area (Å²) in [5.41, 5.74) is 17.3. The first-order valence-corrected chi connectivity index (χ1v) is 12.4. The molecule has 0 fully saturated rings. The second kappa shape index (κ2) is 8.14. The van der Waals surface area contributed by atoms with E-state index in [-0.39, 0.29) is 22.8 Å². The highest BCUT2D eigenvalue weighted by molar-refractivity contribution is 6.40. The Hall–Kier alpha value is -4.72. The summed E-state index contributed by atoms with van der Waals surface area (Å²) in [6.07, 6.45) is 0.380. The molecule has 0 aromatic heterocycles. The lowest BCUT2D eigenvalue weighted by atomic mass is 9.76. The Morgan fingerprint density at radius 2 is 1.44 bits per heavy atom. The van der Waals surface area contributed by atoms with Gasteiger partial charge in [-0.2, -0.15) is 0 Å². The van der Waals surface area contributed by atoms with Crippen LogP contribution in [-0.2, 0) is 16.0 Å². The lowest BCUT2D eigenvalue weighted by Crippen LogP contribution is -2.20. The van der Waals surface area contributed by atoms with E-state index in [0.717, 1.165) is 21.9 Å². The number of hydrogen-bond acceptors (Lipinski definition) is 8. The summed E-state index contributed by atoms with van der Waals surface area (Å²) in [5.74, 6) is 0.992.